The highest BCUT2D eigenvalue weighted by atomic mass is 32.2. The molecule has 3 rings (SSSR count). The Labute approximate surface area is 149 Å². The molecular formula is C19H23NO4S. The largest absolute Gasteiger partial charge is 0.491 e. The molecule has 1 atom stereocenters. The molecule has 1 unspecified atom stereocenters. The lowest BCUT2D eigenvalue weighted by atomic mass is 9.86. The summed E-state index contributed by atoms with van der Waals surface area (Å²) in [5.41, 5.74) is 1.19. The molecule has 1 heterocycles. The van der Waals surface area contributed by atoms with E-state index in [1.165, 1.54) is 0 Å². The van der Waals surface area contributed by atoms with Gasteiger partial charge in [0.2, 0.25) is 0 Å². The molecule has 1 N–H and O–H groups in total. The number of benzene rings is 2. The van der Waals surface area contributed by atoms with Crippen molar-refractivity contribution in [3.8, 4) is 5.75 Å². The zero-order valence-electron chi connectivity index (χ0n) is 14.7. The normalized spacial score (nSPS) is 17.2. The highest BCUT2D eigenvalue weighted by Gasteiger charge is 2.25. The molecule has 6 heteroatoms. The average Bonchev–Trinajstić information content (AvgIpc) is 3.38. The predicted octanol–water partition coefficient (Wildman–Crippen LogP) is 3.56. The van der Waals surface area contributed by atoms with Crippen molar-refractivity contribution in [1.29, 1.82) is 0 Å². The number of epoxide rings is 1. The molecule has 1 saturated heterocycles. The fourth-order valence-corrected chi connectivity index (χ4v) is 3.58. The molecule has 0 saturated carbocycles. The summed E-state index contributed by atoms with van der Waals surface area (Å²) < 4.78 is 38.8. The maximum Gasteiger partial charge on any atom is 0.261 e. The second kappa shape index (κ2) is 6.69. The minimum atomic E-state index is -3.64. The average molecular weight is 361 g/mol. The van der Waals surface area contributed by atoms with Crippen molar-refractivity contribution in [1.82, 2.24) is 0 Å². The molecule has 0 bridgehead atoms. The molecule has 1 fully saturated rings. The third-order valence-corrected chi connectivity index (χ3v) is 5.32. The first-order valence-electron chi connectivity index (χ1n) is 8.22. The lowest BCUT2D eigenvalue weighted by molar-refractivity contribution is 0.262. The van der Waals surface area contributed by atoms with Crippen molar-refractivity contribution < 1.29 is 17.9 Å². The fraction of sp³-hybridized carbons (Fsp3) is 0.368. The van der Waals surface area contributed by atoms with Gasteiger partial charge in [-0.2, -0.15) is 0 Å². The van der Waals surface area contributed by atoms with Gasteiger partial charge in [-0.3, -0.25) is 4.72 Å². The topological polar surface area (TPSA) is 67.9 Å². The van der Waals surface area contributed by atoms with Gasteiger partial charge in [-0.25, -0.2) is 8.42 Å². The van der Waals surface area contributed by atoms with Crippen LogP contribution in [0.1, 0.15) is 26.3 Å². The van der Waals surface area contributed by atoms with Crippen LogP contribution in [-0.2, 0) is 20.2 Å². The summed E-state index contributed by atoms with van der Waals surface area (Å²) in [6, 6.07) is 13.8. The van der Waals surface area contributed by atoms with Gasteiger partial charge in [0.05, 0.1) is 17.2 Å². The van der Waals surface area contributed by atoms with Crippen molar-refractivity contribution in [3.63, 3.8) is 0 Å². The molecule has 0 amide bonds. The monoisotopic (exact) mass is 361 g/mol. The van der Waals surface area contributed by atoms with Crippen LogP contribution < -0.4 is 9.46 Å². The maximum absolute atomic E-state index is 12.6. The minimum Gasteiger partial charge on any atom is -0.491 e. The molecule has 5 nitrogen and oxygen atoms in total. The quantitative estimate of drug-likeness (QED) is 0.799. The van der Waals surface area contributed by atoms with Gasteiger partial charge >= 0.3 is 0 Å². The summed E-state index contributed by atoms with van der Waals surface area (Å²) in [4.78, 5) is 0.237. The summed E-state index contributed by atoms with van der Waals surface area (Å²) >= 11 is 0. The van der Waals surface area contributed by atoms with E-state index in [1.807, 2.05) is 26.8 Å². The number of nitrogens with one attached hydrogen (secondary N) is 1. The molecule has 1 aliphatic rings. The Balaban J connectivity index is 1.89. The van der Waals surface area contributed by atoms with Crippen molar-refractivity contribution in [2.75, 3.05) is 17.9 Å². The van der Waals surface area contributed by atoms with Gasteiger partial charge in [0, 0.05) is 0 Å². The van der Waals surface area contributed by atoms with E-state index in [1.54, 1.807) is 42.5 Å². The van der Waals surface area contributed by atoms with Gasteiger partial charge in [-0.05, 0) is 41.3 Å². The number of hydrogen-bond acceptors (Lipinski definition) is 4. The SMILES string of the molecule is CC(C)(C)c1cc(OCC2CO2)ccc1NS(=O)(=O)c1ccccc1. The molecule has 0 aromatic heterocycles. The highest BCUT2D eigenvalue weighted by molar-refractivity contribution is 7.92. The van der Waals surface area contributed by atoms with Crippen LogP contribution in [0.4, 0.5) is 5.69 Å². The summed E-state index contributed by atoms with van der Waals surface area (Å²) in [7, 11) is -3.64. The van der Waals surface area contributed by atoms with E-state index in [2.05, 4.69) is 4.72 Å². The van der Waals surface area contributed by atoms with Gasteiger partial charge in [0.15, 0.2) is 0 Å². The maximum atomic E-state index is 12.6. The Hall–Kier alpha value is -2.05. The van der Waals surface area contributed by atoms with Crippen LogP contribution in [-0.4, -0.2) is 27.7 Å². The van der Waals surface area contributed by atoms with Crippen LogP contribution in [0.3, 0.4) is 0 Å². The number of sulfonamides is 1. The minimum absolute atomic E-state index is 0.175. The molecule has 0 radical (unpaired) electrons. The standard InChI is InChI=1S/C19H23NO4S/c1-19(2,3)17-11-14(23-12-15-13-24-15)9-10-18(17)20-25(21,22)16-7-5-4-6-8-16/h4-11,15,20H,12-13H2,1-3H3. The summed E-state index contributed by atoms with van der Waals surface area (Å²) in [5.74, 6) is 0.711. The van der Waals surface area contributed by atoms with Crippen molar-refractivity contribution in [2.45, 2.75) is 37.2 Å². The van der Waals surface area contributed by atoms with Crippen LogP contribution in [0.5, 0.6) is 5.75 Å². The van der Waals surface area contributed by atoms with Crippen LogP contribution in [0.25, 0.3) is 0 Å². The van der Waals surface area contributed by atoms with E-state index >= 15 is 0 Å². The van der Waals surface area contributed by atoms with Gasteiger partial charge in [-0.15, -0.1) is 0 Å². The van der Waals surface area contributed by atoms with Gasteiger partial charge in [0.1, 0.15) is 18.5 Å². The predicted molar refractivity (Wildman–Crippen MR) is 97.6 cm³/mol. The van der Waals surface area contributed by atoms with Gasteiger partial charge in [-0.1, -0.05) is 39.0 Å². The van der Waals surface area contributed by atoms with Gasteiger partial charge in [0.25, 0.3) is 10.0 Å². The van der Waals surface area contributed by atoms with Crippen molar-refractivity contribution in [3.05, 3.63) is 54.1 Å². The lowest BCUT2D eigenvalue weighted by Crippen LogP contribution is -2.19. The summed E-state index contributed by atoms with van der Waals surface area (Å²) in [6.07, 6.45) is 0.175. The number of rotatable bonds is 6. The van der Waals surface area contributed by atoms with Crippen LogP contribution in [0.2, 0.25) is 0 Å². The smallest absolute Gasteiger partial charge is 0.261 e. The third kappa shape index (κ3) is 4.52. The van der Waals surface area contributed by atoms with E-state index in [0.29, 0.717) is 18.0 Å². The zero-order valence-corrected chi connectivity index (χ0v) is 15.5. The highest BCUT2D eigenvalue weighted by Crippen LogP contribution is 2.34. The Morgan fingerprint density at radius 1 is 1.16 bits per heavy atom. The van der Waals surface area contributed by atoms with Crippen LogP contribution in [0.15, 0.2) is 53.4 Å². The molecule has 0 spiro atoms. The number of ether oxygens (including phenoxy) is 2. The van der Waals surface area contributed by atoms with Crippen LogP contribution in [0, 0.1) is 0 Å². The molecule has 2 aromatic carbocycles. The summed E-state index contributed by atoms with van der Waals surface area (Å²) in [6.45, 7) is 7.36. The Bertz CT molecular complexity index is 837. The Morgan fingerprint density at radius 3 is 2.44 bits per heavy atom. The number of hydrogen-bond donors (Lipinski definition) is 1. The molecule has 0 aliphatic carbocycles. The van der Waals surface area contributed by atoms with E-state index < -0.39 is 10.0 Å². The van der Waals surface area contributed by atoms with Crippen molar-refractivity contribution in [2.24, 2.45) is 0 Å². The third-order valence-electron chi connectivity index (χ3n) is 3.94. The molecule has 1 aliphatic heterocycles. The Kier molecular flexibility index (Phi) is 4.75. The number of anilines is 1. The lowest BCUT2D eigenvalue weighted by Gasteiger charge is -2.24. The molecule has 25 heavy (non-hydrogen) atoms. The van der Waals surface area contributed by atoms with Gasteiger partial charge < -0.3 is 9.47 Å². The summed E-state index contributed by atoms with van der Waals surface area (Å²) in [5, 5.41) is 0. The van der Waals surface area contributed by atoms with E-state index in [-0.39, 0.29) is 16.4 Å². The van der Waals surface area contributed by atoms with E-state index in [4.69, 9.17) is 9.47 Å². The van der Waals surface area contributed by atoms with Crippen LogP contribution >= 0.6 is 0 Å². The second-order valence-electron chi connectivity index (χ2n) is 7.14. The molecule has 2 aromatic rings. The first-order chi connectivity index (χ1) is 11.8. The van der Waals surface area contributed by atoms with E-state index in [9.17, 15) is 8.42 Å². The van der Waals surface area contributed by atoms with Crippen molar-refractivity contribution >= 4 is 15.7 Å². The Morgan fingerprint density at radius 2 is 1.84 bits per heavy atom. The first kappa shape index (κ1) is 17.8. The second-order valence-corrected chi connectivity index (χ2v) is 8.82. The van der Waals surface area contributed by atoms with E-state index in [0.717, 1.165) is 12.2 Å². The first-order valence-corrected chi connectivity index (χ1v) is 9.71. The fourth-order valence-electron chi connectivity index (χ4n) is 2.48. The molecular weight excluding hydrogens is 338 g/mol. The zero-order chi connectivity index (χ0) is 18.1. The molecule has 134 valence electrons.